The number of phenols is 1. The first-order valence-corrected chi connectivity index (χ1v) is 3.83. The van der Waals surface area contributed by atoms with E-state index >= 15 is 0 Å². The van der Waals surface area contributed by atoms with E-state index in [2.05, 4.69) is 0 Å². The van der Waals surface area contributed by atoms with Crippen molar-refractivity contribution in [1.29, 1.82) is 0 Å². The standard InChI is InChI=1S/C8H8O3.Al/c1-5(9)7-3-2-6(10)4-8(7)11;/h2-4,10-11H,1H3;/q;+1/p-1. The molecule has 1 rings (SSSR count). The van der Waals surface area contributed by atoms with Crippen LogP contribution in [0.1, 0.15) is 17.3 Å². The Bertz CT molecular complexity index is 309. The average molecular weight is 178 g/mol. The molecule has 1 aromatic rings. The number of hydrogen-bond acceptors (Lipinski definition) is 3. The number of carbonyl (C=O) groups excluding carboxylic acids is 1. The molecule has 0 aliphatic carbocycles. The molecule has 0 amide bonds. The fraction of sp³-hybridized carbons (Fsp3) is 0.125. The van der Waals surface area contributed by atoms with Crippen LogP contribution in [0.4, 0.5) is 0 Å². The van der Waals surface area contributed by atoms with Crippen LogP contribution in [0.25, 0.3) is 0 Å². The molecule has 1 aromatic carbocycles. The van der Waals surface area contributed by atoms with Crippen LogP contribution in [-0.2, 0) is 0 Å². The molecule has 0 aliphatic heterocycles. The van der Waals surface area contributed by atoms with E-state index in [9.17, 15) is 4.79 Å². The zero-order valence-corrected chi connectivity index (χ0v) is 7.73. The maximum atomic E-state index is 11.0. The molecule has 0 spiro atoms. The monoisotopic (exact) mass is 178 g/mol. The minimum absolute atomic E-state index is 0.0810. The highest BCUT2D eigenvalue weighted by molar-refractivity contribution is 6.03. The van der Waals surface area contributed by atoms with Crippen molar-refractivity contribution in [2.45, 2.75) is 6.92 Å². The Morgan fingerprint density at radius 1 is 1.58 bits per heavy atom. The number of hydrogen-bond donors (Lipinski definition) is 1. The van der Waals surface area contributed by atoms with Gasteiger partial charge in [0.2, 0.25) is 0 Å². The smallest absolute Gasteiger partial charge is 0.482 e. The number of phenolic OH excluding ortho intramolecular Hbond substituents is 1. The first-order chi connectivity index (χ1) is 5.65. The number of ketones is 1. The van der Waals surface area contributed by atoms with Crippen molar-refractivity contribution in [3.63, 3.8) is 0 Å². The molecule has 12 heavy (non-hydrogen) atoms. The summed E-state index contributed by atoms with van der Waals surface area (Å²) in [5.41, 5.74) is 0.461. The molecular weight excluding hydrogens is 171 g/mol. The van der Waals surface area contributed by atoms with Gasteiger partial charge in [-0.25, -0.2) is 0 Å². The van der Waals surface area contributed by atoms with Crippen LogP contribution in [-0.4, -0.2) is 27.5 Å². The van der Waals surface area contributed by atoms with Gasteiger partial charge in [0.15, 0.2) is 5.78 Å². The van der Waals surface area contributed by atoms with Gasteiger partial charge in [0.25, 0.3) is 0 Å². The second-order valence-electron chi connectivity index (χ2n) is 2.35. The lowest BCUT2D eigenvalue weighted by molar-refractivity contribution is 0.101. The molecule has 0 atom stereocenters. The summed E-state index contributed by atoms with van der Waals surface area (Å²) in [6.45, 7) is 1.44. The van der Waals surface area contributed by atoms with E-state index in [-0.39, 0.29) is 11.5 Å². The van der Waals surface area contributed by atoms with E-state index in [1.54, 1.807) is 0 Å². The van der Waals surface area contributed by atoms with Gasteiger partial charge >= 0.3 is 16.6 Å². The van der Waals surface area contributed by atoms with Crippen molar-refractivity contribution < 1.29 is 13.7 Å². The Hall–Kier alpha value is -0.978. The number of aromatic hydroxyl groups is 1. The fourth-order valence-corrected chi connectivity index (χ4v) is 1.09. The van der Waals surface area contributed by atoms with Gasteiger partial charge in [0.05, 0.1) is 11.3 Å². The fourth-order valence-electron chi connectivity index (χ4n) is 0.899. The molecule has 0 saturated heterocycles. The van der Waals surface area contributed by atoms with Gasteiger partial charge in [-0.1, -0.05) is 0 Å². The Morgan fingerprint density at radius 2 is 2.25 bits per heavy atom. The highest BCUT2D eigenvalue weighted by Gasteiger charge is 2.06. The Labute approximate surface area is 78.7 Å². The molecule has 0 fully saturated rings. The number of Topliss-reactive ketones (excluding diaryl/α,β-unsaturated/α-hetero) is 1. The van der Waals surface area contributed by atoms with Crippen LogP contribution in [0.3, 0.4) is 0 Å². The molecule has 60 valence electrons. The summed E-state index contributed by atoms with van der Waals surface area (Å²) in [7, 11) is 0. The third-order valence-electron chi connectivity index (χ3n) is 1.47. The summed E-state index contributed by atoms with van der Waals surface area (Å²) in [6.07, 6.45) is 0. The topological polar surface area (TPSA) is 46.5 Å². The molecule has 2 radical (unpaired) electrons. The molecule has 1 N–H and O–H groups in total. The van der Waals surface area contributed by atoms with Gasteiger partial charge in [0.1, 0.15) is 5.75 Å². The second-order valence-corrected chi connectivity index (χ2v) is 2.59. The zero-order valence-electron chi connectivity index (χ0n) is 6.57. The number of rotatable bonds is 2. The molecule has 0 saturated carbocycles. The SMILES string of the molecule is CC(=O)c1ccc(O)cc1[O][Al]. The van der Waals surface area contributed by atoms with Crippen LogP contribution >= 0.6 is 0 Å². The normalized spacial score (nSPS) is 9.42. The maximum Gasteiger partial charge on any atom is 0.482 e. The van der Waals surface area contributed by atoms with Crippen LogP contribution < -0.4 is 3.79 Å². The quantitative estimate of drug-likeness (QED) is 0.544. The lowest BCUT2D eigenvalue weighted by Gasteiger charge is -2.07. The van der Waals surface area contributed by atoms with Gasteiger partial charge < -0.3 is 8.90 Å². The van der Waals surface area contributed by atoms with Crippen molar-refractivity contribution in [3.8, 4) is 11.5 Å². The van der Waals surface area contributed by atoms with Crippen molar-refractivity contribution >= 4 is 22.4 Å². The number of benzene rings is 1. The van der Waals surface area contributed by atoms with Gasteiger partial charge in [-0.15, -0.1) is 0 Å². The lowest BCUT2D eigenvalue weighted by Crippen LogP contribution is -1.97. The number of carbonyl (C=O) groups is 1. The predicted octanol–water partition coefficient (Wildman–Crippen LogP) is 1.06. The summed E-state index contributed by atoms with van der Waals surface area (Å²) in [6, 6.07) is 4.37. The summed E-state index contributed by atoms with van der Waals surface area (Å²) in [5.74, 6) is 0.359. The maximum absolute atomic E-state index is 11.0. The van der Waals surface area contributed by atoms with Gasteiger partial charge in [0, 0.05) is 6.07 Å². The first kappa shape index (κ1) is 9.11. The van der Waals surface area contributed by atoms with E-state index in [1.165, 1.54) is 25.1 Å². The van der Waals surface area contributed by atoms with Gasteiger partial charge in [-0.05, 0) is 19.1 Å². The van der Waals surface area contributed by atoms with E-state index in [1.807, 2.05) is 16.6 Å². The highest BCUT2D eigenvalue weighted by Crippen LogP contribution is 2.23. The minimum Gasteiger partial charge on any atom is -0.653 e. The van der Waals surface area contributed by atoms with E-state index in [4.69, 9.17) is 8.90 Å². The van der Waals surface area contributed by atoms with Crippen LogP contribution in [0, 0.1) is 0 Å². The minimum atomic E-state index is -0.0903. The summed E-state index contributed by atoms with van der Waals surface area (Å²) >= 11 is 2.03. The summed E-state index contributed by atoms with van der Waals surface area (Å²) < 4.78 is 4.82. The van der Waals surface area contributed by atoms with E-state index in [0.717, 1.165) is 0 Å². The first-order valence-electron chi connectivity index (χ1n) is 3.36. The van der Waals surface area contributed by atoms with Crippen molar-refractivity contribution in [1.82, 2.24) is 0 Å². The van der Waals surface area contributed by atoms with Crippen LogP contribution in [0.2, 0.25) is 0 Å². The molecule has 0 aliphatic rings. The van der Waals surface area contributed by atoms with Gasteiger partial charge in [-0.3, -0.25) is 4.79 Å². The largest absolute Gasteiger partial charge is 0.653 e. The lowest BCUT2D eigenvalue weighted by atomic mass is 10.1. The Kier molecular flexibility index (Phi) is 2.75. The molecular formula is C8H7AlO3. The Morgan fingerprint density at radius 3 is 2.75 bits per heavy atom. The summed E-state index contributed by atoms with van der Waals surface area (Å²) in [5, 5.41) is 9.05. The molecule has 3 nitrogen and oxygen atoms in total. The van der Waals surface area contributed by atoms with Gasteiger partial charge in [-0.2, -0.15) is 0 Å². The second kappa shape index (κ2) is 3.62. The molecule has 0 bridgehead atoms. The third-order valence-corrected chi connectivity index (χ3v) is 1.73. The zero-order chi connectivity index (χ0) is 9.14. The summed E-state index contributed by atoms with van der Waals surface area (Å²) in [4.78, 5) is 11.0. The average Bonchev–Trinajstić information content (AvgIpc) is 2.03. The van der Waals surface area contributed by atoms with Crippen molar-refractivity contribution in [2.24, 2.45) is 0 Å². The van der Waals surface area contributed by atoms with E-state index in [0.29, 0.717) is 11.3 Å². The predicted molar refractivity (Wildman–Crippen MR) is 44.5 cm³/mol. The highest BCUT2D eigenvalue weighted by atomic mass is 27.1. The molecule has 0 heterocycles. The third kappa shape index (κ3) is 1.79. The molecule has 0 unspecified atom stereocenters. The Balaban J connectivity index is 3.20. The van der Waals surface area contributed by atoms with Crippen LogP contribution in [0.5, 0.6) is 11.5 Å². The van der Waals surface area contributed by atoms with Crippen LogP contribution in [0.15, 0.2) is 18.2 Å². The van der Waals surface area contributed by atoms with Crippen molar-refractivity contribution in [3.05, 3.63) is 23.8 Å². The van der Waals surface area contributed by atoms with E-state index < -0.39 is 0 Å². The van der Waals surface area contributed by atoms with Crippen molar-refractivity contribution in [2.75, 3.05) is 0 Å². The molecule has 4 heteroatoms. The molecule has 0 aromatic heterocycles.